The number of thiophene rings is 1. The van der Waals surface area contributed by atoms with Crippen LogP contribution in [-0.2, 0) is 0 Å². The van der Waals surface area contributed by atoms with Crippen LogP contribution in [0.25, 0.3) is 10.9 Å². The van der Waals surface area contributed by atoms with Crippen LogP contribution in [0.3, 0.4) is 0 Å². The average molecular weight is 512 g/mol. The first-order valence-corrected chi connectivity index (χ1v) is 12.1. The molecule has 5 aromatic rings. The maximum absolute atomic E-state index is 13.2. The van der Waals surface area contributed by atoms with Crippen molar-refractivity contribution < 1.29 is 24.5 Å². The molecular weight excluding hydrogens is 490 g/mol. The number of ketones is 1. The van der Waals surface area contributed by atoms with E-state index in [4.69, 9.17) is 4.74 Å². The summed E-state index contributed by atoms with van der Waals surface area (Å²) < 4.78 is 5.04. The Labute approximate surface area is 215 Å². The highest BCUT2D eigenvalue weighted by molar-refractivity contribution is 7.12. The monoisotopic (exact) mass is 511 g/mol. The number of hydrogen-bond donors (Lipinski definition) is 4. The van der Waals surface area contributed by atoms with Crippen molar-refractivity contribution in [1.82, 2.24) is 4.98 Å². The van der Waals surface area contributed by atoms with Gasteiger partial charge in [0.1, 0.15) is 0 Å². The smallest absolute Gasteiger partial charge is 0.265 e. The second kappa shape index (κ2) is 10.00. The van der Waals surface area contributed by atoms with E-state index in [1.165, 1.54) is 30.7 Å². The fourth-order valence-electron chi connectivity index (χ4n) is 3.84. The minimum absolute atomic E-state index is 0.0507. The summed E-state index contributed by atoms with van der Waals surface area (Å²) in [5.41, 5.74) is 2.98. The zero-order chi connectivity index (χ0) is 25.9. The van der Waals surface area contributed by atoms with Crippen molar-refractivity contribution in [2.45, 2.75) is 0 Å². The summed E-state index contributed by atoms with van der Waals surface area (Å²) in [6, 6.07) is 20.0. The molecule has 9 heteroatoms. The number of fused-ring (bicyclic) bond motifs is 1. The maximum Gasteiger partial charge on any atom is 0.265 e. The maximum atomic E-state index is 13.2. The molecule has 8 nitrogen and oxygen atoms in total. The molecule has 184 valence electrons. The Morgan fingerprint density at radius 2 is 1.78 bits per heavy atom. The summed E-state index contributed by atoms with van der Waals surface area (Å²) in [4.78, 5) is 33.2. The average Bonchev–Trinajstić information content (AvgIpc) is 3.55. The minimum Gasteiger partial charge on any atom is -0.504 e. The van der Waals surface area contributed by atoms with Gasteiger partial charge in [-0.15, -0.1) is 11.3 Å². The highest BCUT2D eigenvalue weighted by atomic mass is 32.1. The van der Waals surface area contributed by atoms with E-state index in [0.717, 1.165) is 0 Å². The van der Waals surface area contributed by atoms with Gasteiger partial charge >= 0.3 is 0 Å². The number of phenols is 1. The third-order valence-corrected chi connectivity index (χ3v) is 6.60. The van der Waals surface area contributed by atoms with Gasteiger partial charge in [-0.2, -0.15) is 0 Å². The van der Waals surface area contributed by atoms with Crippen LogP contribution in [0.2, 0.25) is 0 Å². The Kier molecular flexibility index (Phi) is 6.44. The molecule has 0 saturated carbocycles. The molecule has 2 heterocycles. The van der Waals surface area contributed by atoms with Crippen molar-refractivity contribution in [2.24, 2.45) is 4.99 Å². The van der Waals surface area contributed by atoms with Crippen molar-refractivity contribution in [1.29, 1.82) is 0 Å². The number of aromatic nitrogens is 1. The Morgan fingerprint density at radius 1 is 1.00 bits per heavy atom. The number of phenolic OH excluding ortho intramolecular Hbond substituents is 1. The quantitative estimate of drug-likeness (QED) is 0.160. The zero-order valence-corrected chi connectivity index (χ0v) is 20.4. The van der Waals surface area contributed by atoms with Crippen molar-refractivity contribution in [2.75, 3.05) is 12.4 Å². The fraction of sp³-hybridized carbons (Fsp3) is 0.0357. The topological polar surface area (TPSA) is 124 Å². The van der Waals surface area contributed by atoms with Gasteiger partial charge in [0.05, 0.1) is 23.2 Å². The van der Waals surface area contributed by atoms with E-state index in [9.17, 15) is 19.8 Å². The van der Waals surface area contributed by atoms with E-state index in [2.05, 4.69) is 15.3 Å². The number of amides is 1. The van der Waals surface area contributed by atoms with Crippen molar-refractivity contribution in [3.8, 4) is 17.4 Å². The molecule has 0 atom stereocenters. The van der Waals surface area contributed by atoms with Gasteiger partial charge in [0.2, 0.25) is 0 Å². The van der Waals surface area contributed by atoms with Gasteiger partial charge < -0.3 is 25.3 Å². The van der Waals surface area contributed by atoms with Gasteiger partial charge in [0, 0.05) is 40.0 Å². The second-order valence-corrected chi connectivity index (χ2v) is 9.05. The third kappa shape index (κ3) is 4.93. The number of hydrogen-bond acceptors (Lipinski definition) is 7. The van der Waals surface area contributed by atoms with E-state index >= 15 is 0 Å². The second-order valence-electron chi connectivity index (χ2n) is 8.10. The van der Waals surface area contributed by atoms with E-state index in [-0.39, 0.29) is 23.3 Å². The molecule has 0 aliphatic carbocycles. The molecule has 0 saturated heterocycles. The Hall–Kier alpha value is -4.89. The minimum atomic E-state index is -0.207. The molecule has 2 aromatic heterocycles. The molecule has 0 fully saturated rings. The Bertz CT molecular complexity index is 1640. The molecule has 3 aromatic carbocycles. The van der Waals surface area contributed by atoms with Crippen LogP contribution in [0.4, 0.5) is 11.4 Å². The van der Waals surface area contributed by atoms with Crippen LogP contribution < -0.4 is 10.1 Å². The predicted molar refractivity (Wildman–Crippen MR) is 144 cm³/mol. The number of aromatic amines is 1. The largest absolute Gasteiger partial charge is 0.504 e. The van der Waals surface area contributed by atoms with Crippen LogP contribution in [0.5, 0.6) is 17.4 Å². The number of carbonyl (C=O) groups excluding carboxylic acids is 2. The van der Waals surface area contributed by atoms with E-state index in [1.54, 1.807) is 60.7 Å². The molecule has 5 rings (SSSR count). The molecule has 0 aliphatic heterocycles. The zero-order valence-electron chi connectivity index (χ0n) is 19.6. The number of carbonyl (C=O) groups is 2. The van der Waals surface area contributed by atoms with E-state index in [1.807, 2.05) is 11.4 Å². The molecule has 0 radical (unpaired) electrons. The number of aromatic hydroxyl groups is 2. The van der Waals surface area contributed by atoms with Gasteiger partial charge in [0.15, 0.2) is 23.2 Å². The van der Waals surface area contributed by atoms with Gasteiger partial charge in [-0.3, -0.25) is 14.6 Å². The summed E-state index contributed by atoms with van der Waals surface area (Å²) in [6.07, 6.45) is 1.47. The first-order valence-electron chi connectivity index (χ1n) is 11.2. The van der Waals surface area contributed by atoms with Crippen LogP contribution in [0.15, 0.2) is 83.2 Å². The lowest BCUT2D eigenvalue weighted by Gasteiger charge is -2.06. The Balaban J connectivity index is 1.38. The number of methoxy groups -OCH3 is 1. The normalized spacial score (nSPS) is 11.2. The number of nitrogens with one attached hydrogen (secondary N) is 2. The van der Waals surface area contributed by atoms with Crippen LogP contribution in [0, 0.1) is 0 Å². The van der Waals surface area contributed by atoms with Crippen LogP contribution in [-0.4, -0.2) is 40.2 Å². The standard InChI is InChI=1S/C28H21N3O5S/c1-36-24-11-9-19(14-23(24)32)29-15-21-20-13-17(6-10-22(20)31-27(21)34)26(33)16-4-7-18(8-5-16)30-28(35)25-3-2-12-37-25/h2-15,31-32,34H,1H3,(H,30,35). The molecule has 4 N–H and O–H groups in total. The SMILES string of the molecule is COc1ccc(N=Cc2c(O)[nH]c3ccc(C(=O)c4ccc(NC(=O)c5cccs5)cc4)cc23)cc1O. The number of ether oxygens (including phenoxy) is 1. The third-order valence-electron chi connectivity index (χ3n) is 5.74. The first kappa shape index (κ1) is 23.8. The predicted octanol–water partition coefficient (Wildman–Crippen LogP) is 5.88. The molecule has 0 bridgehead atoms. The molecule has 1 amide bonds. The lowest BCUT2D eigenvalue weighted by molar-refractivity contribution is 0.102. The highest BCUT2D eigenvalue weighted by Gasteiger charge is 2.15. The van der Waals surface area contributed by atoms with Gasteiger partial charge in [0.25, 0.3) is 5.91 Å². The summed E-state index contributed by atoms with van der Waals surface area (Å²) in [5, 5.41) is 25.7. The molecule has 0 spiro atoms. The van der Waals surface area contributed by atoms with Crippen molar-refractivity contribution in [3.63, 3.8) is 0 Å². The number of benzene rings is 3. The van der Waals surface area contributed by atoms with Crippen molar-refractivity contribution >= 4 is 51.5 Å². The number of anilines is 1. The van der Waals surface area contributed by atoms with Crippen LogP contribution in [0.1, 0.15) is 31.2 Å². The summed E-state index contributed by atoms with van der Waals surface area (Å²) in [5.74, 6) is -0.222. The molecular formula is C28H21N3O5S. The summed E-state index contributed by atoms with van der Waals surface area (Å²) >= 11 is 1.35. The number of rotatable bonds is 7. The molecule has 0 aliphatic rings. The highest BCUT2D eigenvalue weighted by Crippen LogP contribution is 2.31. The number of nitrogens with zero attached hydrogens (tertiary/aromatic N) is 1. The molecule has 37 heavy (non-hydrogen) atoms. The first-order chi connectivity index (χ1) is 17.9. The lowest BCUT2D eigenvalue weighted by Crippen LogP contribution is -2.10. The fourth-order valence-corrected chi connectivity index (χ4v) is 4.46. The van der Waals surface area contributed by atoms with E-state index in [0.29, 0.717) is 49.6 Å². The van der Waals surface area contributed by atoms with Gasteiger partial charge in [-0.05, 0) is 66.0 Å². The van der Waals surface area contributed by atoms with Crippen LogP contribution >= 0.6 is 11.3 Å². The number of aliphatic imine (C=N–C) groups is 1. The summed E-state index contributed by atoms with van der Waals surface area (Å²) in [7, 11) is 1.46. The lowest BCUT2D eigenvalue weighted by atomic mass is 10.0. The van der Waals surface area contributed by atoms with E-state index < -0.39 is 0 Å². The number of H-pyrrole nitrogens is 1. The summed E-state index contributed by atoms with van der Waals surface area (Å²) in [6.45, 7) is 0. The van der Waals surface area contributed by atoms with Gasteiger partial charge in [-0.25, -0.2) is 0 Å². The Morgan fingerprint density at radius 3 is 2.49 bits per heavy atom. The van der Waals surface area contributed by atoms with Gasteiger partial charge in [-0.1, -0.05) is 6.07 Å². The van der Waals surface area contributed by atoms with Crippen molar-refractivity contribution in [3.05, 3.63) is 99.7 Å². The molecule has 0 unspecified atom stereocenters.